The first-order valence-corrected chi connectivity index (χ1v) is 9.58. The minimum Gasteiger partial charge on any atom is -0.378 e. The van der Waals surface area contributed by atoms with E-state index < -0.39 is 0 Å². The second-order valence-electron chi connectivity index (χ2n) is 6.02. The van der Waals surface area contributed by atoms with Gasteiger partial charge in [-0.05, 0) is 55.0 Å². The molecule has 1 aliphatic heterocycles. The molecule has 1 saturated heterocycles. The Kier molecular flexibility index (Phi) is 6.29. The van der Waals surface area contributed by atoms with Crippen LogP contribution in [0.15, 0.2) is 53.0 Å². The lowest BCUT2D eigenvalue weighted by Gasteiger charge is -2.29. The minimum atomic E-state index is 0.130. The van der Waals surface area contributed by atoms with Crippen molar-refractivity contribution in [2.45, 2.75) is 13.0 Å². The second kappa shape index (κ2) is 8.65. The van der Waals surface area contributed by atoms with Crippen LogP contribution in [-0.4, -0.2) is 31.4 Å². The molecule has 4 nitrogen and oxygen atoms in total. The number of hydrogen-bond donors (Lipinski definition) is 2. The summed E-state index contributed by atoms with van der Waals surface area (Å²) in [5, 5.41) is 7.16. The van der Waals surface area contributed by atoms with Crippen molar-refractivity contribution in [1.82, 2.24) is 5.32 Å². The summed E-state index contributed by atoms with van der Waals surface area (Å²) >= 11 is 8.89. The number of nitrogens with zero attached hydrogens (tertiary/aromatic N) is 1. The largest absolute Gasteiger partial charge is 0.378 e. The van der Waals surface area contributed by atoms with Gasteiger partial charge in [0.25, 0.3) is 0 Å². The molecule has 2 aromatic carbocycles. The molecule has 0 spiro atoms. The lowest BCUT2D eigenvalue weighted by Crippen LogP contribution is -2.36. The molecule has 2 aromatic rings. The molecule has 3 rings (SSSR count). The fourth-order valence-electron chi connectivity index (χ4n) is 2.81. The van der Waals surface area contributed by atoms with E-state index in [0.717, 1.165) is 36.5 Å². The number of hydrogen-bond acceptors (Lipinski definition) is 3. The number of rotatable bonds is 4. The number of morpholine rings is 1. The van der Waals surface area contributed by atoms with Gasteiger partial charge < -0.3 is 20.3 Å². The van der Waals surface area contributed by atoms with Gasteiger partial charge >= 0.3 is 0 Å². The van der Waals surface area contributed by atoms with Crippen molar-refractivity contribution >= 4 is 44.6 Å². The Bertz CT molecular complexity index is 717. The molecule has 0 aromatic heterocycles. The van der Waals surface area contributed by atoms with Gasteiger partial charge in [0.2, 0.25) is 0 Å². The number of benzene rings is 2. The predicted octanol–water partition coefficient (Wildman–Crippen LogP) is 4.33. The maximum absolute atomic E-state index is 5.42. The van der Waals surface area contributed by atoms with E-state index in [4.69, 9.17) is 17.0 Å². The standard InChI is InChI=1S/C19H22BrN3OS/c1-14(21-19(25)22-17-4-2-3-16(20)13-17)15-5-7-18(8-6-15)23-9-11-24-12-10-23/h2-8,13-14H,9-12H2,1H3,(H2,21,22,25). The average molecular weight is 420 g/mol. The molecule has 1 atom stereocenters. The van der Waals surface area contributed by atoms with Crippen molar-refractivity contribution in [3.63, 3.8) is 0 Å². The van der Waals surface area contributed by atoms with Crippen LogP contribution in [0.5, 0.6) is 0 Å². The van der Waals surface area contributed by atoms with Crippen LogP contribution in [0, 0.1) is 0 Å². The zero-order chi connectivity index (χ0) is 17.6. The molecule has 25 heavy (non-hydrogen) atoms. The van der Waals surface area contributed by atoms with Crippen molar-refractivity contribution in [3.8, 4) is 0 Å². The van der Waals surface area contributed by atoms with Gasteiger partial charge in [-0.1, -0.05) is 34.1 Å². The molecule has 0 radical (unpaired) electrons. The Morgan fingerprint density at radius 3 is 2.56 bits per heavy atom. The molecular weight excluding hydrogens is 398 g/mol. The molecule has 0 aliphatic carbocycles. The molecular formula is C19H22BrN3OS. The number of anilines is 2. The van der Waals surface area contributed by atoms with Gasteiger partial charge in [0, 0.05) is 28.9 Å². The van der Waals surface area contributed by atoms with E-state index in [2.05, 4.69) is 62.7 Å². The molecule has 1 unspecified atom stereocenters. The summed E-state index contributed by atoms with van der Waals surface area (Å²) in [5.74, 6) is 0. The first kappa shape index (κ1) is 18.2. The molecule has 1 fully saturated rings. The number of halogens is 1. The summed E-state index contributed by atoms with van der Waals surface area (Å²) in [6, 6.07) is 16.7. The fraction of sp³-hybridized carbons (Fsp3) is 0.316. The summed E-state index contributed by atoms with van der Waals surface area (Å²) in [6.45, 7) is 5.62. The number of ether oxygens (including phenoxy) is 1. The second-order valence-corrected chi connectivity index (χ2v) is 7.35. The Balaban J connectivity index is 1.57. The van der Waals surface area contributed by atoms with Crippen LogP contribution in [-0.2, 0) is 4.74 Å². The van der Waals surface area contributed by atoms with Crippen LogP contribution in [0.2, 0.25) is 0 Å². The van der Waals surface area contributed by atoms with Crippen LogP contribution in [0.1, 0.15) is 18.5 Å². The van der Waals surface area contributed by atoms with E-state index in [1.165, 1.54) is 11.3 Å². The molecule has 0 bridgehead atoms. The summed E-state index contributed by atoms with van der Waals surface area (Å²) in [6.07, 6.45) is 0. The van der Waals surface area contributed by atoms with Crippen molar-refractivity contribution in [2.75, 3.05) is 36.5 Å². The third kappa shape index (κ3) is 5.17. The summed E-state index contributed by atoms with van der Waals surface area (Å²) in [7, 11) is 0. The van der Waals surface area contributed by atoms with Crippen LogP contribution < -0.4 is 15.5 Å². The Hall–Kier alpha value is -1.63. The fourth-order valence-corrected chi connectivity index (χ4v) is 3.50. The Morgan fingerprint density at radius 1 is 1.16 bits per heavy atom. The summed E-state index contributed by atoms with van der Waals surface area (Å²) < 4.78 is 6.43. The minimum absolute atomic E-state index is 0.130. The van der Waals surface area contributed by atoms with E-state index in [0.29, 0.717) is 5.11 Å². The number of nitrogens with one attached hydrogen (secondary N) is 2. The van der Waals surface area contributed by atoms with Gasteiger partial charge in [0.05, 0.1) is 19.3 Å². The maximum Gasteiger partial charge on any atom is 0.171 e. The van der Waals surface area contributed by atoms with Gasteiger partial charge in [-0.25, -0.2) is 0 Å². The Labute approximate surface area is 162 Å². The van der Waals surface area contributed by atoms with Gasteiger partial charge in [-0.15, -0.1) is 0 Å². The average Bonchev–Trinajstić information content (AvgIpc) is 2.62. The van der Waals surface area contributed by atoms with E-state index in [1.54, 1.807) is 0 Å². The topological polar surface area (TPSA) is 36.5 Å². The highest BCUT2D eigenvalue weighted by Crippen LogP contribution is 2.21. The van der Waals surface area contributed by atoms with E-state index in [-0.39, 0.29) is 6.04 Å². The predicted molar refractivity (Wildman–Crippen MR) is 111 cm³/mol. The number of thiocarbonyl (C=S) groups is 1. The van der Waals surface area contributed by atoms with Crippen LogP contribution >= 0.6 is 28.1 Å². The van der Waals surface area contributed by atoms with Gasteiger partial charge in [0.1, 0.15) is 0 Å². The van der Waals surface area contributed by atoms with Crippen molar-refractivity contribution < 1.29 is 4.74 Å². The summed E-state index contributed by atoms with van der Waals surface area (Å²) in [5.41, 5.74) is 3.41. The third-order valence-corrected chi connectivity index (χ3v) is 4.91. The lowest BCUT2D eigenvalue weighted by atomic mass is 10.1. The molecule has 1 aliphatic rings. The van der Waals surface area contributed by atoms with E-state index in [9.17, 15) is 0 Å². The normalized spacial score (nSPS) is 15.5. The van der Waals surface area contributed by atoms with Gasteiger partial charge in [-0.3, -0.25) is 0 Å². The van der Waals surface area contributed by atoms with Crippen molar-refractivity contribution in [2.24, 2.45) is 0 Å². The molecule has 0 amide bonds. The van der Waals surface area contributed by atoms with Crippen LogP contribution in [0.3, 0.4) is 0 Å². The first-order valence-electron chi connectivity index (χ1n) is 8.37. The summed E-state index contributed by atoms with van der Waals surface area (Å²) in [4.78, 5) is 2.35. The highest BCUT2D eigenvalue weighted by molar-refractivity contribution is 9.10. The SMILES string of the molecule is CC(NC(=S)Nc1cccc(Br)c1)c1ccc(N2CCOCC2)cc1. The van der Waals surface area contributed by atoms with Crippen LogP contribution in [0.4, 0.5) is 11.4 Å². The van der Waals surface area contributed by atoms with Crippen LogP contribution in [0.25, 0.3) is 0 Å². The van der Waals surface area contributed by atoms with E-state index in [1.807, 2.05) is 24.3 Å². The molecule has 132 valence electrons. The third-order valence-electron chi connectivity index (χ3n) is 4.20. The monoisotopic (exact) mass is 419 g/mol. The van der Waals surface area contributed by atoms with Crippen molar-refractivity contribution in [3.05, 3.63) is 58.6 Å². The molecule has 1 heterocycles. The van der Waals surface area contributed by atoms with Crippen molar-refractivity contribution in [1.29, 1.82) is 0 Å². The zero-order valence-corrected chi connectivity index (χ0v) is 16.6. The Morgan fingerprint density at radius 2 is 1.88 bits per heavy atom. The highest BCUT2D eigenvalue weighted by Gasteiger charge is 2.12. The first-order chi connectivity index (χ1) is 12.1. The van der Waals surface area contributed by atoms with E-state index >= 15 is 0 Å². The maximum atomic E-state index is 5.42. The zero-order valence-electron chi connectivity index (χ0n) is 14.2. The lowest BCUT2D eigenvalue weighted by molar-refractivity contribution is 0.122. The molecule has 6 heteroatoms. The molecule has 2 N–H and O–H groups in total. The quantitative estimate of drug-likeness (QED) is 0.720. The molecule has 0 saturated carbocycles. The highest BCUT2D eigenvalue weighted by atomic mass is 79.9. The van der Waals surface area contributed by atoms with Gasteiger partial charge in [-0.2, -0.15) is 0 Å². The smallest absolute Gasteiger partial charge is 0.171 e. The van der Waals surface area contributed by atoms with Gasteiger partial charge in [0.15, 0.2) is 5.11 Å².